The Bertz CT molecular complexity index is 448. The number of urea groups is 1. The van der Waals surface area contributed by atoms with Crippen molar-refractivity contribution < 1.29 is 23.1 Å². The highest BCUT2D eigenvalue weighted by Crippen LogP contribution is 2.32. The van der Waals surface area contributed by atoms with Gasteiger partial charge in [-0.05, 0) is 50.5 Å². The fourth-order valence-electron chi connectivity index (χ4n) is 3.83. The predicted octanol–water partition coefficient (Wildman–Crippen LogP) is 1.82. The van der Waals surface area contributed by atoms with E-state index in [1.54, 1.807) is 4.90 Å². The molecule has 0 bridgehead atoms. The summed E-state index contributed by atoms with van der Waals surface area (Å²) in [6.45, 7) is 3.30. The van der Waals surface area contributed by atoms with Gasteiger partial charge >= 0.3 is 12.2 Å². The Morgan fingerprint density at radius 3 is 2.38 bits per heavy atom. The molecule has 0 spiro atoms. The van der Waals surface area contributed by atoms with E-state index in [0.29, 0.717) is 12.5 Å². The molecule has 24 heavy (non-hydrogen) atoms. The third kappa shape index (κ3) is 4.33. The van der Waals surface area contributed by atoms with Crippen molar-refractivity contribution in [1.82, 2.24) is 15.1 Å². The number of hydrogen-bond acceptors (Lipinski definition) is 3. The number of rotatable bonds is 4. The molecule has 1 saturated carbocycles. The normalized spacial score (nSPS) is 28.2. The third-order valence-electron chi connectivity index (χ3n) is 5.53. The van der Waals surface area contributed by atoms with E-state index in [9.17, 15) is 23.1 Å². The summed E-state index contributed by atoms with van der Waals surface area (Å²) in [5, 5.41) is 12.2. The molecule has 2 saturated heterocycles. The highest BCUT2D eigenvalue weighted by Gasteiger charge is 2.44. The molecule has 3 fully saturated rings. The topological polar surface area (TPSA) is 55.8 Å². The minimum Gasteiger partial charge on any atom is -0.383 e. The zero-order chi connectivity index (χ0) is 17.3. The second-order valence-electron chi connectivity index (χ2n) is 7.38. The Kier molecular flexibility index (Phi) is 5.24. The Morgan fingerprint density at radius 1 is 1.12 bits per heavy atom. The lowest BCUT2D eigenvalue weighted by atomic mass is 9.91. The van der Waals surface area contributed by atoms with Crippen LogP contribution in [0.4, 0.5) is 18.0 Å². The van der Waals surface area contributed by atoms with Crippen molar-refractivity contribution >= 4 is 6.03 Å². The van der Waals surface area contributed by atoms with Crippen LogP contribution >= 0.6 is 0 Å². The largest absolute Gasteiger partial charge is 0.414 e. The van der Waals surface area contributed by atoms with Crippen LogP contribution in [0.5, 0.6) is 0 Å². The number of aliphatic hydroxyl groups excluding tert-OH is 1. The lowest BCUT2D eigenvalue weighted by Gasteiger charge is -2.34. The number of nitrogens with one attached hydrogen (secondary N) is 1. The minimum atomic E-state index is -4.58. The fourth-order valence-corrected chi connectivity index (χ4v) is 3.83. The molecule has 1 aliphatic carbocycles. The highest BCUT2D eigenvalue weighted by molar-refractivity contribution is 5.74. The molecule has 0 aromatic carbocycles. The number of aliphatic hydroxyl groups is 1. The van der Waals surface area contributed by atoms with Crippen LogP contribution in [-0.4, -0.2) is 72.0 Å². The molecule has 2 unspecified atom stereocenters. The second-order valence-corrected chi connectivity index (χ2v) is 7.38. The molecule has 3 rings (SSSR count). The molecule has 2 atom stereocenters. The van der Waals surface area contributed by atoms with E-state index >= 15 is 0 Å². The van der Waals surface area contributed by atoms with Crippen LogP contribution in [0.1, 0.15) is 32.1 Å². The van der Waals surface area contributed by atoms with Crippen LogP contribution in [0.15, 0.2) is 0 Å². The summed E-state index contributed by atoms with van der Waals surface area (Å²) >= 11 is 0. The molecule has 138 valence electrons. The van der Waals surface area contributed by atoms with Crippen molar-refractivity contribution in [2.75, 3.05) is 32.7 Å². The Hall–Kier alpha value is -1.02. The number of carbonyl (C=O) groups is 1. The van der Waals surface area contributed by atoms with Gasteiger partial charge in [0.15, 0.2) is 6.10 Å². The standard InChI is InChI=1S/C16H26F3N3O2/c17-16(18,19)14(23)12-4-7-21(8-5-12)15(24)20-9-11-3-6-22(10-11)13-1-2-13/h11-14,23H,1-10H2,(H,20,24). The number of nitrogens with zero attached hydrogens (tertiary/aromatic N) is 2. The minimum absolute atomic E-state index is 0.187. The molecular weight excluding hydrogens is 323 g/mol. The molecular formula is C16H26F3N3O2. The molecule has 0 aromatic rings. The van der Waals surface area contributed by atoms with Crippen LogP contribution in [-0.2, 0) is 0 Å². The van der Waals surface area contributed by atoms with Gasteiger partial charge in [-0.1, -0.05) is 0 Å². The van der Waals surface area contributed by atoms with Gasteiger partial charge < -0.3 is 20.2 Å². The Morgan fingerprint density at radius 2 is 1.79 bits per heavy atom. The van der Waals surface area contributed by atoms with Crippen LogP contribution in [0.3, 0.4) is 0 Å². The number of amides is 2. The molecule has 2 heterocycles. The predicted molar refractivity (Wildman–Crippen MR) is 82.5 cm³/mol. The van der Waals surface area contributed by atoms with Crippen molar-refractivity contribution in [3.63, 3.8) is 0 Å². The number of halogens is 3. The molecule has 2 aliphatic heterocycles. The van der Waals surface area contributed by atoms with E-state index in [1.807, 2.05) is 0 Å². The molecule has 0 radical (unpaired) electrons. The fraction of sp³-hybridized carbons (Fsp3) is 0.938. The van der Waals surface area contributed by atoms with Crippen molar-refractivity contribution in [2.45, 2.75) is 50.4 Å². The molecule has 2 amide bonds. The van der Waals surface area contributed by atoms with E-state index < -0.39 is 18.2 Å². The van der Waals surface area contributed by atoms with Crippen LogP contribution in [0.25, 0.3) is 0 Å². The smallest absolute Gasteiger partial charge is 0.383 e. The first kappa shape index (κ1) is 17.8. The summed E-state index contributed by atoms with van der Waals surface area (Å²) < 4.78 is 37.6. The summed E-state index contributed by atoms with van der Waals surface area (Å²) in [7, 11) is 0. The maximum absolute atomic E-state index is 12.5. The van der Waals surface area contributed by atoms with E-state index in [1.165, 1.54) is 12.8 Å². The number of piperidine rings is 1. The summed E-state index contributed by atoms with van der Waals surface area (Å²) in [5.41, 5.74) is 0. The Balaban J connectivity index is 1.36. The number of hydrogen-bond donors (Lipinski definition) is 2. The molecule has 5 nitrogen and oxygen atoms in total. The summed E-state index contributed by atoms with van der Waals surface area (Å²) in [6, 6.07) is 0.560. The summed E-state index contributed by atoms with van der Waals surface area (Å²) in [4.78, 5) is 16.2. The monoisotopic (exact) mass is 349 g/mol. The molecule has 2 N–H and O–H groups in total. The van der Waals surface area contributed by atoms with Gasteiger partial charge in [0.1, 0.15) is 0 Å². The van der Waals surface area contributed by atoms with Gasteiger partial charge in [-0.2, -0.15) is 13.2 Å². The second kappa shape index (κ2) is 7.07. The van der Waals surface area contributed by atoms with E-state index in [0.717, 1.165) is 25.6 Å². The van der Waals surface area contributed by atoms with Crippen LogP contribution < -0.4 is 5.32 Å². The highest BCUT2D eigenvalue weighted by atomic mass is 19.4. The Labute approximate surface area is 140 Å². The van der Waals surface area contributed by atoms with Gasteiger partial charge in [-0.3, -0.25) is 0 Å². The SMILES string of the molecule is O=C(NCC1CCN(C2CC2)C1)N1CCC(C(O)C(F)(F)F)CC1. The lowest BCUT2D eigenvalue weighted by molar-refractivity contribution is -0.222. The maximum atomic E-state index is 12.5. The molecule has 8 heteroatoms. The first-order chi connectivity index (χ1) is 11.3. The first-order valence-corrected chi connectivity index (χ1v) is 8.86. The summed E-state index contributed by atoms with van der Waals surface area (Å²) in [6.07, 6.45) is -2.81. The van der Waals surface area contributed by atoms with Crippen molar-refractivity contribution in [1.29, 1.82) is 0 Å². The van der Waals surface area contributed by atoms with E-state index in [-0.39, 0.29) is 32.0 Å². The van der Waals surface area contributed by atoms with E-state index in [4.69, 9.17) is 0 Å². The zero-order valence-corrected chi connectivity index (χ0v) is 13.8. The van der Waals surface area contributed by atoms with Crippen LogP contribution in [0, 0.1) is 11.8 Å². The number of alkyl halides is 3. The van der Waals surface area contributed by atoms with Gasteiger partial charge in [0, 0.05) is 32.2 Å². The summed E-state index contributed by atoms with van der Waals surface area (Å²) in [5.74, 6) is -0.338. The zero-order valence-electron chi connectivity index (χ0n) is 13.8. The number of likely N-dealkylation sites (tertiary alicyclic amines) is 2. The van der Waals surface area contributed by atoms with Crippen molar-refractivity contribution in [3.05, 3.63) is 0 Å². The quantitative estimate of drug-likeness (QED) is 0.814. The van der Waals surface area contributed by atoms with Gasteiger partial charge in [-0.15, -0.1) is 0 Å². The average Bonchev–Trinajstić information content (AvgIpc) is 3.30. The van der Waals surface area contributed by atoms with Crippen LogP contribution in [0.2, 0.25) is 0 Å². The van der Waals surface area contributed by atoms with Crippen molar-refractivity contribution in [2.24, 2.45) is 11.8 Å². The van der Waals surface area contributed by atoms with Gasteiger partial charge in [-0.25, -0.2) is 4.79 Å². The average molecular weight is 349 g/mol. The van der Waals surface area contributed by atoms with Crippen molar-refractivity contribution in [3.8, 4) is 0 Å². The third-order valence-corrected chi connectivity index (χ3v) is 5.53. The van der Waals surface area contributed by atoms with Gasteiger partial charge in [0.05, 0.1) is 0 Å². The maximum Gasteiger partial charge on any atom is 0.414 e. The van der Waals surface area contributed by atoms with Gasteiger partial charge in [0.2, 0.25) is 0 Å². The molecule has 3 aliphatic rings. The van der Waals surface area contributed by atoms with E-state index in [2.05, 4.69) is 10.2 Å². The number of carbonyl (C=O) groups excluding carboxylic acids is 1. The van der Waals surface area contributed by atoms with Gasteiger partial charge in [0.25, 0.3) is 0 Å². The first-order valence-electron chi connectivity index (χ1n) is 8.86. The lowest BCUT2D eigenvalue weighted by Crippen LogP contribution is -2.49. The molecule has 0 aromatic heterocycles.